The second-order valence-electron chi connectivity index (χ2n) is 4.46. The third-order valence-electron chi connectivity index (χ3n) is 3.61. The summed E-state index contributed by atoms with van der Waals surface area (Å²) >= 11 is 0. The van der Waals surface area contributed by atoms with Gasteiger partial charge in [0.05, 0.1) is 0 Å². The summed E-state index contributed by atoms with van der Waals surface area (Å²) in [6.07, 6.45) is 6.54. The zero-order chi connectivity index (χ0) is 8.55. The molecule has 1 saturated carbocycles. The Morgan fingerprint density at radius 1 is 1.17 bits per heavy atom. The molecular weight excluding hydrogens is 150 g/mol. The van der Waals surface area contributed by atoms with Crippen LogP contribution >= 0.6 is 0 Å². The summed E-state index contributed by atoms with van der Waals surface area (Å²) < 4.78 is 0. The van der Waals surface area contributed by atoms with Crippen LogP contribution in [0.1, 0.15) is 39.0 Å². The van der Waals surface area contributed by atoms with Crippen molar-refractivity contribution >= 4 is 0 Å². The van der Waals surface area contributed by atoms with E-state index in [1.807, 2.05) is 0 Å². The molecule has 0 spiro atoms. The first-order valence-electron chi connectivity index (χ1n) is 5.24. The van der Waals surface area contributed by atoms with E-state index in [9.17, 15) is 5.21 Å². The van der Waals surface area contributed by atoms with Gasteiger partial charge in [-0.1, -0.05) is 13.3 Å². The van der Waals surface area contributed by atoms with Gasteiger partial charge in [0.25, 0.3) is 0 Å². The van der Waals surface area contributed by atoms with Crippen LogP contribution < -0.4 is 0 Å². The molecule has 2 rings (SSSR count). The fraction of sp³-hybridized carbons (Fsp3) is 1.00. The highest BCUT2D eigenvalue weighted by atomic mass is 16.5. The van der Waals surface area contributed by atoms with E-state index in [0.717, 1.165) is 12.5 Å². The maximum atomic E-state index is 9.71. The van der Waals surface area contributed by atoms with Crippen LogP contribution in [0.15, 0.2) is 0 Å². The Bertz CT molecular complexity index is 144. The van der Waals surface area contributed by atoms with Gasteiger partial charge in [-0.05, 0) is 37.5 Å². The summed E-state index contributed by atoms with van der Waals surface area (Å²) in [6.45, 7) is 3.18. The Balaban J connectivity index is 2.07. The molecule has 2 fully saturated rings. The lowest BCUT2D eigenvalue weighted by molar-refractivity contribution is -0.181. The lowest BCUT2D eigenvalue weighted by atomic mass is 9.74. The molecule has 1 aliphatic carbocycles. The third kappa shape index (κ3) is 1.38. The van der Waals surface area contributed by atoms with Crippen LogP contribution in [-0.4, -0.2) is 22.9 Å². The first-order chi connectivity index (χ1) is 5.79. The monoisotopic (exact) mass is 169 g/mol. The van der Waals surface area contributed by atoms with Gasteiger partial charge in [0, 0.05) is 12.6 Å². The highest BCUT2D eigenvalue weighted by Crippen LogP contribution is 2.37. The van der Waals surface area contributed by atoms with Gasteiger partial charge < -0.3 is 5.21 Å². The fourth-order valence-corrected chi connectivity index (χ4v) is 3.02. The van der Waals surface area contributed by atoms with Crippen molar-refractivity contribution in [2.75, 3.05) is 6.54 Å². The Morgan fingerprint density at radius 2 is 1.92 bits per heavy atom. The van der Waals surface area contributed by atoms with Crippen molar-refractivity contribution in [1.82, 2.24) is 5.06 Å². The predicted molar refractivity (Wildman–Crippen MR) is 48.0 cm³/mol. The molecule has 2 aliphatic rings. The summed E-state index contributed by atoms with van der Waals surface area (Å²) in [7, 11) is 0. The maximum absolute atomic E-state index is 9.71. The zero-order valence-electron chi connectivity index (χ0n) is 7.87. The molecular formula is C10H19NO. The van der Waals surface area contributed by atoms with Gasteiger partial charge in [0.1, 0.15) is 0 Å². The van der Waals surface area contributed by atoms with Crippen LogP contribution in [-0.2, 0) is 0 Å². The summed E-state index contributed by atoms with van der Waals surface area (Å²) in [5.74, 6) is 1.49. The minimum absolute atomic E-state index is 0.479. The van der Waals surface area contributed by atoms with Crippen LogP contribution in [0.25, 0.3) is 0 Å². The van der Waals surface area contributed by atoms with Crippen molar-refractivity contribution in [2.24, 2.45) is 11.8 Å². The van der Waals surface area contributed by atoms with Crippen molar-refractivity contribution in [3.63, 3.8) is 0 Å². The Labute approximate surface area is 74.5 Å². The standard InChI is InChI=1S/C10H19NO/c1-8-4-2-5-9-6-3-7-11(12)10(8)9/h8-10,12H,2-7H2,1H3. The largest absolute Gasteiger partial charge is 0.314 e. The van der Waals surface area contributed by atoms with Crippen molar-refractivity contribution in [3.8, 4) is 0 Å². The number of fused-ring (bicyclic) bond motifs is 1. The summed E-state index contributed by atoms with van der Waals surface area (Å²) in [6, 6.07) is 0.479. The number of hydrogen-bond donors (Lipinski definition) is 1. The SMILES string of the molecule is CC1CCCC2CCCN(O)C12. The van der Waals surface area contributed by atoms with Gasteiger partial charge in [-0.2, -0.15) is 5.06 Å². The topological polar surface area (TPSA) is 23.5 Å². The first kappa shape index (κ1) is 8.52. The van der Waals surface area contributed by atoms with Crippen LogP contribution in [0, 0.1) is 11.8 Å². The zero-order valence-corrected chi connectivity index (χ0v) is 7.87. The third-order valence-corrected chi connectivity index (χ3v) is 3.61. The van der Waals surface area contributed by atoms with Crippen LogP contribution in [0.2, 0.25) is 0 Å². The van der Waals surface area contributed by atoms with E-state index in [1.54, 1.807) is 5.06 Å². The Morgan fingerprint density at radius 3 is 2.67 bits per heavy atom. The van der Waals surface area contributed by atoms with E-state index < -0.39 is 0 Å². The highest BCUT2D eigenvalue weighted by molar-refractivity contribution is 4.87. The lowest BCUT2D eigenvalue weighted by Gasteiger charge is -2.44. The summed E-state index contributed by atoms with van der Waals surface area (Å²) in [5, 5.41) is 11.3. The summed E-state index contributed by atoms with van der Waals surface area (Å²) in [5.41, 5.74) is 0. The second kappa shape index (κ2) is 3.35. The molecule has 1 N–H and O–H groups in total. The predicted octanol–water partition coefficient (Wildman–Crippen LogP) is 2.28. The number of piperidine rings is 1. The van der Waals surface area contributed by atoms with Crippen LogP contribution in [0.3, 0.4) is 0 Å². The minimum Gasteiger partial charge on any atom is -0.314 e. The minimum atomic E-state index is 0.479. The van der Waals surface area contributed by atoms with E-state index in [-0.39, 0.29) is 0 Å². The van der Waals surface area contributed by atoms with Gasteiger partial charge in [-0.25, -0.2) is 0 Å². The Hall–Kier alpha value is -0.0800. The molecule has 12 heavy (non-hydrogen) atoms. The summed E-state index contributed by atoms with van der Waals surface area (Å²) in [4.78, 5) is 0. The second-order valence-corrected chi connectivity index (χ2v) is 4.46. The van der Waals surface area contributed by atoms with Crippen molar-refractivity contribution in [2.45, 2.75) is 45.1 Å². The van der Waals surface area contributed by atoms with E-state index in [1.165, 1.54) is 32.1 Å². The average molecular weight is 169 g/mol. The van der Waals surface area contributed by atoms with Crippen molar-refractivity contribution in [3.05, 3.63) is 0 Å². The molecule has 0 aromatic carbocycles. The van der Waals surface area contributed by atoms with E-state index in [2.05, 4.69) is 6.92 Å². The molecule has 1 heterocycles. The number of hydrogen-bond acceptors (Lipinski definition) is 2. The van der Waals surface area contributed by atoms with Crippen molar-refractivity contribution < 1.29 is 5.21 Å². The van der Waals surface area contributed by atoms with Gasteiger partial charge in [0.2, 0.25) is 0 Å². The number of rotatable bonds is 0. The molecule has 3 unspecified atom stereocenters. The van der Waals surface area contributed by atoms with Crippen LogP contribution in [0.5, 0.6) is 0 Å². The molecule has 0 radical (unpaired) electrons. The van der Waals surface area contributed by atoms with Crippen molar-refractivity contribution in [1.29, 1.82) is 0 Å². The number of nitrogens with zero attached hydrogens (tertiary/aromatic N) is 1. The van der Waals surface area contributed by atoms with Crippen LogP contribution in [0.4, 0.5) is 0 Å². The normalized spacial score (nSPS) is 44.0. The van der Waals surface area contributed by atoms with Gasteiger partial charge >= 0.3 is 0 Å². The fourth-order valence-electron chi connectivity index (χ4n) is 3.02. The first-order valence-corrected chi connectivity index (χ1v) is 5.24. The van der Waals surface area contributed by atoms with Gasteiger partial charge in [-0.3, -0.25) is 0 Å². The lowest BCUT2D eigenvalue weighted by Crippen LogP contribution is -2.48. The molecule has 0 aromatic rings. The molecule has 2 nitrogen and oxygen atoms in total. The molecule has 3 atom stereocenters. The van der Waals surface area contributed by atoms with Gasteiger partial charge in [-0.15, -0.1) is 0 Å². The number of hydroxylamine groups is 2. The smallest absolute Gasteiger partial charge is 0.0404 e. The van der Waals surface area contributed by atoms with E-state index >= 15 is 0 Å². The molecule has 70 valence electrons. The molecule has 0 amide bonds. The maximum Gasteiger partial charge on any atom is 0.0404 e. The van der Waals surface area contributed by atoms with E-state index in [4.69, 9.17) is 0 Å². The molecule has 2 heteroatoms. The van der Waals surface area contributed by atoms with Gasteiger partial charge in [0.15, 0.2) is 0 Å². The highest BCUT2D eigenvalue weighted by Gasteiger charge is 2.36. The molecule has 1 aliphatic heterocycles. The molecule has 0 bridgehead atoms. The molecule has 1 saturated heterocycles. The molecule has 0 aromatic heterocycles. The van der Waals surface area contributed by atoms with E-state index in [0.29, 0.717) is 12.0 Å². The quantitative estimate of drug-likeness (QED) is 0.601. The average Bonchev–Trinajstić information content (AvgIpc) is 2.04. The Kier molecular flexibility index (Phi) is 2.37.